The lowest BCUT2D eigenvalue weighted by molar-refractivity contribution is 0.110. The molecule has 2 aliphatic heterocycles. The number of likely N-dealkylation sites (tertiary alicyclic amines) is 1. The van der Waals surface area contributed by atoms with Gasteiger partial charge in [-0.3, -0.25) is 9.88 Å². The summed E-state index contributed by atoms with van der Waals surface area (Å²) in [5.74, 6) is 0.470. The molecule has 0 bridgehead atoms. The summed E-state index contributed by atoms with van der Waals surface area (Å²) in [7, 11) is 0.306. The summed E-state index contributed by atoms with van der Waals surface area (Å²) in [6.45, 7) is 3.55. The summed E-state index contributed by atoms with van der Waals surface area (Å²) >= 11 is 0. The maximum Gasteiger partial charge on any atom is 0.247 e. The second kappa shape index (κ2) is 9.01. The number of aromatic nitrogens is 1. The molecule has 162 valence electrons. The van der Waals surface area contributed by atoms with Gasteiger partial charge in [-0.15, -0.1) is 0 Å². The lowest BCUT2D eigenvalue weighted by Crippen LogP contribution is -2.49. The van der Waals surface area contributed by atoms with Gasteiger partial charge >= 0.3 is 0 Å². The summed E-state index contributed by atoms with van der Waals surface area (Å²) in [6, 6.07) is 12.8. The normalized spacial score (nSPS) is 24.4. The van der Waals surface area contributed by atoms with Gasteiger partial charge < -0.3 is 9.64 Å². The maximum atomic E-state index is 13.6. The molecule has 1 saturated heterocycles. The molecule has 3 heterocycles. The minimum absolute atomic E-state index is 0.167. The first kappa shape index (κ1) is 21.2. The van der Waals surface area contributed by atoms with Gasteiger partial charge in [-0.1, -0.05) is 18.2 Å². The average molecular weight is 431 g/mol. The Morgan fingerprint density at radius 1 is 1.10 bits per heavy atom. The summed E-state index contributed by atoms with van der Waals surface area (Å²) < 4.78 is 35.2. The van der Waals surface area contributed by atoms with Crippen molar-refractivity contribution in [3.05, 3.63) is 54.4 Å². The molecule has 30 heavy (non-hydrogen) atoms. The van der Waals surface area contributed by atoms with Crippen LogP contribution in [0.25, 0.3) is 0 Å². The molecule has 0 N–H and O–H groups in total. The summed E-state index contributed by atoms with van der Waals surface area (Å²) in [5, 5.41) is 0. The first-order valence-corrected chi connectivity index (χ1v) is 11.9. The predicted octanol–water partition coefficient (Wildman–Crippen LogP) is 2.06. The second-order valence-electron chi connectivity index (χ2n) is 8.26. The Kier molecular flexibility index (Phi) is 6.38. The SMILES string of the molecule is CN(C)CCN1[C@@H]2CCN(Cc3ccccn3)CC[C@H]2Oc2ccccc2S1(=O)=O. The molecule has 1 fully saturated rings. The fraction of sp³-hybridized carbons (Fsp3) is 0.500. The minimum atomic E-state index is -3.63. The Morgan fingerprint density at radius 3 is 2.63 bits per heavy atom. The minimum Gasteiger partial charge on any atom is -0.487 e. The molecular weight excluding hydrogens is 400 g/mol. The average Bonchev–Trinajstić information content (AvgIpc) is 2.96. The summed E-state index contributed by atoms with van der Waals surface area (Å²) in [4.78, 5) is 9.09. The van der Waals surface area contributed by atoms with Crippen LogP contribution in [-0.4, -0.2) is 79.9 Å². The number of hydrogen-bond acceptors (Lipinski definition) is 6. The van der Waals surface area contributed by atoms with Crippen LogP contribution in [0.2, 0.25) is 0 Å². The zero-order valence-electron chi connectivity index (χ0n) is 17.6. The molecule has 2 atom stereocenters. The Hall–Kier alpha value is -2.00. The van der Waals surface area contributed by atoms with Crippen LogP contribution in [-0.2, 0) is 16.6 Å². The van der Waals surface area contributed by atoms with Crippen LogP contribution >= 0.6 is 0 Å². The molecule has 0 amide bonds. The van der Waals surface area contributed by atoms with Crippen molar-refractivity contribution in [2.45, 2.75) is 36.4 Å². The molecule has 1 aromatic heterocycles. The molecule has 0 saturated carbocycles. The molecule has 0 spiro atoms. The van der Waals surface area contributed by atoms with Crippen molar-refractivity contribution < 1.29 is 13.2 Å². The number of para-hydroxylation sites is 1. The monoisotopic (exact) mass is 430 g/mol. The number of benzene rings is 1. The third-order valence-corrected chi connectivity index (χ3v) is 7.83. The van der Waals surface area contributed by atoms with Crippen molar-refractivity contribution in [3.8, 4) is 5.75 Å². The van der Waals surface area contributed by atoms with Crippen LogP contribution in [0.5, 0.6) is 5.75 Å². The van der Waals surface area contributed by atoms with Gasteiger partial charge in [0.25, 0.3) is 0 Å². The lowest BCUT2D eigenvalue weighted by Gasteiger charge is -2.32. The number of hydrogen-bond donors (Lipinski definition) is 0. The largest absolute Gasteiger partial charge is 0.487 e. The van der Waals surface area contributed by atoms with Crippen LogP contribution in [0.4, 0.5) is 0 Å². The van der Waals surface area contributed by atoms with Gasteiger partial charge in [0.05, 0.1) is 11.7 Å². The van der Waals surface area contributed by atoms with E-state index in [2.05, 4.69) is 9.88 Å². The number of fused-ring (bicyclic) bond motifs is 2. The molecule has 7 nitrogen and oxygen atoms in total. The smallest absolute Gasteiger partial charge is 0.247 e. The predicted molar refractivity (Wildman–Crippen MR) is 116 cm³/mol. The number of pyridine rings is 1. The Bertz CT molecular complexity index is 952. The van der Waals surface area contributed by atoms with E-state index in [9.17, 15) is 8.42 Å². The third kappa shape index (κ3) is 4.51. The van der Waals surface area contributed by atoms with Crippen LogP contribution < -0.4 is 4.74 Å². The van der Waals surface area contributed by atoms with E-state index < -0.39 is 10.0 Å². The van der Waals surface area contributed by atoms with E-state index in [0.29, 0.717) is 18.8 Å². The Labute approximate surface area is 179 Å². The molecular formula is C22H30N4O3S. The molecule has 0 aliphatic carbocycles. The molecule has 8 heteroatoms. The van der Waals surface area contributed by atoms with Crippen molar-refractivity contribution in [2.24, 2.45) is 0 Å². The van der Waals surface area contributed by atoms with Crippen LogP contribution in [0.3, 0.4) is 0 Å². The first-order chi connectivity index (χ1) is 14.4. The van der Waals surface area contributed by atoms with E-state index in [4.69, 9.17) is 4.74 Å². The second-order valence-corrected chi connectivity index (χ2v) is 10.1. The van der Waals surface area contributed by atoms with Crippen LogP contribution in [0.15, 0.2) is 53.6 Å². The highest BCUT2D eigenvalue weighted by atomic mass is 32.2. The van der Waals surface area contributed by atoms with E-state index in [1.54, 1.807) is 22.5 Å². The maximum absolute atomic E-state index is 13.6. The van der Waals surface area contributed by atoms with Crippen LogP contribution in [0, 0.1) is 0 Å². The number of likely N-dealkylation sites (N-methyl/N-ethyl adjacent to an activating group) is 1. The zero-order chi connectivity index (χ0) is 21.1. The van der Waals surface area contributed by atoms with Gasteiger partial charge in [0, 0.05) is 38.9 Å². The van der Waals surface area contributed by atoms with E-state index in [-0.39, 0.29) is 17.0 Å². The fourth-order valence-electron chi connectivity index (χ4n) is 4.27. The first-order valence-electron chi connectivity index (χ1n) is 10.5. The highest BCUT2D eigenvalue weighted by Crippen LogP contribution is 2.36. The Balaban J connectivity index is 1.62. The van der Waals surface area contributed by atoms with Crippen molar-refractivity contribution in [2.75, 3.05) is 40.3 Å². The highest BCUT2D eigenvalue weighted by Gasteiger charge is 2.43. The van der Waals surface area contributed by atoms with Crippen LogP contribution in [0.1, 0.15) is 18.5 Å². The van der Waals surface area contributed by atoms with Gasteiger partial charge in [0.2, 0.25) is 10.0 Å². The molecule has 0 radical (unpaired) electrons. The van der Waals surface area contributed by atoms with Crippen molar-refractivity contribution >= 4 is 10.0 Å². The number of ether oxygens (including phenoxy) is 1. The van der Waals surface area contributed by atoms with Crippen molar-refractivity contribution in [1.29, 1.82) is 0 Å². The number of rotatable bonds is 5. The van der Waals surface area contributed by atoms with E-state index >= 15 is 0 Å². The molecule has 2 aromatic rings. The highest BCUT2D eigenvalue weighted by molar-refractivity contribution is 7.89. The number of nitrogens with zero attached hydrogens (tertiary/aromatic N) is 4. The zero-order valence-corrected chi connectivity index (χ0v) is 18.5. The molecule has 2 aliphatic rings. The molecule has 0 unspecified atom stereocenters. The van der Waals surface area contributed by atoms with E-state index in [1.165, 1.54) is 0 Å². The number of sulfonamides is 1. The third-order valence-electron chi connectivity index (χ3n) is 5.86. The Morgan fingerprint density at radius 2 is 1.87 bits per heavy atom. The standard InChI is InChI=1S/C22H30N4O3S/c1-24(2)15-16-26-19-10-13-25(17-18-7-5-6-12-23-18)14-11-20(19)29-21-8-3-4-9-22(21)30(26,27)28/h3-9,12,19-20H,10-11,13-17H2,1-2H3/t19-,20-/m1/s1. The van der Waals surface area contributed by atoms with E-state index in [0.717, 1.165) is 38.2 Å². The lowest BCUT2D eigenvalue weighted by atomic mass is 10.1. The van der Waals surface area contributed by atoms with Gasteiger partial charge in [-0.05, 0) is 51.2 Å². The molecule has 4 rings (SSSR count). The topological polar surface area (TPSA) is 66.0 Å². The van der Waals surface area contributed by atoms with Crippen molar-refractivity contribution in [1.82, 2.24) is 19.1 Å². The van der Waals surface area contributed by atoms with Gasteiger partial charge in [-0.2, -0.15) is 4.31 Å². The molecule has 1 aromatic carbocycles. The van der Waals surface area contributed by atoms with Gasteiger partial charge in [0.1, 0.15) is 16.7 Å². The van der Waals surface area contributed by atoms with E-state index in [1.807, 2.05) is 49.5 Å². The summed E-state index contributed by atoms with van der Waals surface area (Å²) in [6.07, 6.45) is 3.16. The van der Waals surface area contributed by atoms with Crippen molar-refractivity contribution in [3.63, 3.8) is 0 Å². The van der Waals surface area contributed by atoms with Gasteiger partial charge in [0.15, 0.2) is 0 Å². The van der Waals surface area contributed by atoms with Gasteiger partial charge in [-0.25, -0.2) is 8.42 Å². The summed E-state index contributed by atoms with van der Waals surface area (Å²) in [5.41, 5.74) is 1.03. The fourth-order valence-corrected chi connectivity index (χ4v) is 6.07. The quantitative estimate of drug-likeness (QED) is 0.724.